The first-order valence-electron chi connectivity index (χ1n) is 7.32. The SMILES string of the molecule is Cc1ccc(OC(F)F)c(CNc2cc(CN(C)C)ccn2)c1. The van der Waals surface area contributed by atoms with Gasteiger partial charge in [0.1, 0.15) is 11.6 Å². The molecule has 23 heavy (non-hydrogen) atoms. The molecule has 0 bridgehead atoms. The van der Waals surface area contributed by atoms with E-state index in [1.807, 2.05) is 39.2 Å². The van der Waals surface area contributed by atoms with E-state index < -0.39 is 6.61 Å². The van der Waals surface area contributed by atoms with Crippen molar-refractivity contribution >= 4 is 5.82 Å². The average molecular weight is 321 g/mol. The third kappa shape index (κ3) is 5.49. The Morgan fingerprint density at radius 1 is 1.22 bits per heavy atom. The number of anilines is 1. The molecule has 0 saturated heterocycles. The minimum Gasteiger partial charge on any atom is -0.434 e. The zero-order valence-electron chi connectivity index (χ0n) is 13.5. The van der Waals surface area contributed by atoms with Crippen LogP contribution in [0.5, 0.6) is 5.75 Å². The fourth-order valence-electron chi connectivity index (χ4n) is 2.28. The van der Waals surface area contributed by atoms with Crippen LogP contribution in [0.2, 0.25) is 0 Å². The van der Waals surface area contributed by atoms with E-state index in [0.717, 1.165) is 17.7 Å². The third-order valence-electron chi connectivity index (χ3n) is 3.22. The number of halogens is 2. The number of benzene rings is 1. The van der Waals surface area contributed by atoms with Gasteiger partial charge < -0.3 is 15.0 Å². The molecule has 0 aliphatic carbocycles. The van der Waals surface area contributed by atoms with Crippen molar-refractivity contribution < 1.29 is 13.5 Å². The van der Waals surface area contributed by atoms with Crippen LogP contribution in [0.4, 0.5) is 14.6 Å². The second-order valence-corrected chi connectivity index (χ2v) is 5.63. The van der Waals surface area contributed by atoms with Crippen LogP contribution in [0.1, 0.15) is 16.7 Å². The Kier molecular flexibility index (Phi) is 5.87. The smallest absolute Gasteiger partial charge is 0.387 e. The summed E-state index contributed by atoms with van der Waals surface area (Å²) in [5.41, 5.74) is 2.78. The van der Waals surface area contributed by atoms with Gasteiger partial charge >= 0.3 is 6.61 Å². The van der Waals surface area contributed by atoms with Gasteiger partial charge in [0.05, 0.1) is 0 Å². The van der Waals surface area contributed by atoms with E-state index in [4.69, 9.17) is 0 Å². The van der Waals surface area contributed by atoms with Crippen LogP contribution in [-0.2, 0) is 13.1 Å². The van der Waals surface area contributed by atoms with Crippen molar-refractivity contribution in [2.24, 2.45) is 0 Å². The van der Waals surface area contributed by atoms with Gasteiger partial charge in [0.2, 0.25) is 0 Å². The first-order valence-corrected chi connectivity index (χ1v) is 7.32. The maximum absolute atomic E-state index is 12.5. The molecule has 1 aromatic heterocycles. The summed E-state index contributed by atoms with van der Waals surface area (Å²) in [4.78, 5) is 6.32. The number of rotatable bonds is 7. The zero-order chi connectivity index (χ0) is 16.8. The van der Waals surface area contributed by atoms with Crippen molar-refractivity contribution in [1.29, 1.82) is 0 Å². The highest BCUT2D eigenvalue weighted by molar-refractivity contribution is 5.42. The second kappa shape index (κ2) is 7.87. The Bertz CT molecular complexity index is 647. The number of hydrogen-bond donors (Lipinski definition) is 1. The van der Waals surface area contributed by atoms with Crippen molar-refractivity contribution in [2.75, 3.05) is 19.4 Å². The van der Waals surface area contributed by atoms with Crippen LogP contribution in [0.25, 0.3) is 0 Å². The quantitative estimate of drug-likeness (QED) is 0.844. The van der Waals surface area contributed by atoms with E-state index in [-0.39, 0.29) is 5.75 Å². The summed E-state index contributed by atoms with van der Waals surface area (Å²) in [5, 5.41) is 3.16. The molecule has 1 heterocycles. The summed E-state index contributed by atoms with van der Waals surface area (Å²) >= 11 is 0. The maximum Gasteiger partial charge on any atom is 0.387 e. The number of alkyl halides is 2. The van der Waals surface area contributed by atoms with E-state index >= 15 is 0 Å². The molecule has 6 heteroatoms. The van der Waals surface area contributed by atoms with Crippen LogP contribution < -0.4 is 10.1 Å². The van der Waals surface area contributed by atoms with Crippen LogP contribution in [-0.4, -0.2) is 30.6 Å². The molecule has 0 spiro atoms. The molecule has 2 rings (SSSR count). The number of hydrogen-bond acceptors (Lipinski definition) is 4. The van der Waals surface area contributed by atoms with Crippen molar-refractivity contribution in [2.45, 2.75) is 26.6 Å². The summed E-state index contributed by atoms with van der Waals surface area (Å²) in [7, 11) is 3.99. The van der Waals surface area contributed by atoms with Crippen molar-refractivity contribution in [1.82, 2.24) is 9.88 Å². The lowest BCUT2D eigenvalue weighted by molar-refractivity contribution is -0.0504. The standard InChI is InChI=1S/C17H21F2N3O/c1-12-4-5-15(23-17(18)19)14(8-12)10-21-16-9-13(6-7-20-16)11-22(2)3/h4-9,17H,10-11H2,1-3H3,(H,20,21). The molecule has 1 aromatic carbocycles. The first-order chi connectivity index (χ1) is 10.9. The second-order valence-electron chi connectivity index (χ2n) is 5.63. The maximum atomic E-state index is 12.5. The van der Waals surface area contributed by atoms with Crippen LogP contribution >= 0.6 is 0 Å². The lowest BCUT2D eigenvalue weighted by atomic mass is 10.1. The lowest BCUT2D eigenvalue weighted by Crippen LogP contribution is -2.11. The van der Waals surface area contributed by atoms with Gasteiger partial charge in [-0.3, -0.25) is 0 Å². The average Bonchev–Trinajstić information content (AvgIpc) is 2.47. The van der Waals surface area contributed by atoms with E-state index in [2.05, 4.69) is 19.9 Å². The monoisotopic (exact) mass is 321 g/mol. The molecule has 0 amide bonds. The Hall–Kier alpha value is -2.21. The highest BCUT2D eigenvalue weighted by Crippen LogP contribution is 2.23. The first kappa shape index (κ1) is 17.1. The number of ether oxygens (including phenoxy) is 1. The molecule has 0 radical (unpaired) electrons. The number of pyridine rings is 1. The molecule has 0 aliphatic rings. The number of aromatic nitrogens is 1. The molecule has 0 aliphatic heterocycles. The number of nitrogens with zero attached hydrogens (tertiary/aromatic N) is 2. The highest BCUT2D eigenvalue weighted by Gasteiger charge is 2.10. The van der Waals surface area contributed by atoms with E-state index in [9.17, 15) is 8.78 Å². The number of nitrogens with one attached hydrogen (secondary N) is 1. The van der Waals surface area contributed by atoms with E-state index in [1.165, 1.54) is 0 Å². The minimum atomic E-state index is -2.84. The van der Waals surface area contributed by atoms with Crippen LogP contribution in [0, 0.1) is 6.92 Å². The molecule has 0 saturated carbocycles. The van der Waals surface area contributed by atoms with Crippen molar-refractivity contribution in [3.05, 3.63) is 53.2 Å². The summed E-state index contributed by atoms with van der Waals surface area (Å²) < 4.78 is 29.5. The highest BCUT2D eigenvalue weighted by atomic mass is 19.3. The molecule has 124 valence electrons. The van der Waals surface area contributed by atoms with Gasteiger partial charge in [0.25, 0.3) is 0 Å². The molecule has 0 fully saturated rings. The van der Waals surface area contributed by atoms with Gasteiger partial charge in [0, 0.05) is 24.8 Å². The van der Waals surface area contributed by atoms with Gasteiger partial charge in [-0.2, -0.15) is 8.78 Å². The minimum absolute atomic E-state index is 0.183. The molecular weight excluding hydrogens is 300 g/mol. The Labute approximate surface area is 135 Å². The third-order valence-corrected chi connectivity index (χ3v) is 3.22. The van der Waals surface area contributed by atoms with Gasteiger partial charge in [-0.15, -0.1) is 0 Å². The molecule has 0 unspecified atom stereocenters. The Morgan fingerprint density at radius 2 is 2.00 bits per heavy atom. The molecule has 1 N–H and O–H groups in total. The lowest BCUT2D eigenvalue weighted by Gasteiger charge is -2.14. The van der Waals surface area contributed by atoms with Crippen molar-refractivity contribution in [3.8, 4) is 5.75 Å². The van der Waals surface area contributed by atoms with E-state index in [1.54, 1.807) is 18.3 Å². The van der Waals surface area contributed by atoms with Crippen LogP contribution in [0.15, 0.2) is 36.5 Å². The van der Waals surface area contributed by atoms with Gasteiger partial charge in [0.15, 0.2) is 0 Å². The fourth-order valence-corrected chi connectivity index (χ4v) is 2.28. The fraction of sp³-hybridized carbons (Fsp3) is 0.353. The molecule has 2 aromatic rings. The van der Waals surface area contributed by atoms with Gasteiger partial charge in [-0.05, 0) is 44.8 Å². The summed E-state index contributed by atoms with van der Waals surface area (Å²) in [6, 6.07) is 9.03. The predicted octanol–water partition coefficient (Wildman–Crippen LogP) is 3.67. The van der Waals surface area contributed by atoms with Gasteiger partial charge in [-0.25, -0.2) is 4.98 Å². The van der Waals surface area contributed by atoms with Crippen LogP contribution in [0.3, 0.4) is 0 Å². The summed E-state index contributed by atoms with van der Waals surface area (Å²) in [6.07, 6.45) is 1.73. The normalized spacial score (nSPS) is 11.1. The Balaban J connectivity index is 2.09. The largest absolute Gasteiger partial charge is 0.434 e. The van der Waals surface area contributed by atoms with E-state index in [0.29, 0.717) is 17.9 Å². The number of aryl methyl sites for hydroxylation is 1. The summed E-state index contributed by atoms with van der Waals surface area (Å²) in [6.45, 7) is 0.243. The molecular formula is C17H21F2N3O. The Morgan fingerprint density at radius 3 is 2.70 bits per heavy atom. The predicted molar refractivity (Wildman–Crippen MR) is 86.8 cm³/mol. The van der Waals surface area contributed by atoms with Gasteiger partial charge in [-0.1, -0.05) is 17.7 Å². The molecule has 4 nitrogen and oxygen atoms in total. The topological polar surface area (TPSA) is 37.4 Å². The van der Waals surface area contributed by atoms with Crippen molar-refractivity contribution in [3.63, 3.8) is 0 Å². The molecule has 0 atom stereocenters. The zero-order valence-corrected chi connectivity index (χ0v) is 13.5. The summed E-state index contributed by atoms with van der Waals surface area (Å²) in [5.74, 6) is 0.886.